The first-order valence-corrected chi connectivity index (χ1v) is 7.98. The number of nitrogens with two attached hydrogens (primary N) is 1. The Labute approximate surface area is 127 Å². The summed E-state index contributed by atoms with van der Waals surface area (Å²) < 4.78 is 1.18. The van der Waals surface area contributed by atoms with Crippen LogP contribution in [0.15, 0.2) is 39.5 Å². The van der Waals surface area contributed by atoms with Crippen LogP contribution >= 0.6 is 27.3 Å². The first kappa shape index (κ1) is 14.7. The fourth-order valence-corrected chi connectivity index (χ4v) is 3.53. The molecule has 0 saturated carbocycles. The maximum absolute atomic E-state index is 5.99. The fourth-order valence-electron chi connectivity index (χ4n) is 2.33. The number of likely N-dealkylation sites (N-methyl/N-ethyl adjacent to an activating group) is 1. The van der Waals surface area contributed by atoms with E-state index in [0.29, 0.717) is 6.54 Å². The number of nitrogens with zero attached hydrogens (tertiary/aromatic N) is 1. The van der Waals surface area contributed by atoms with Crippen molar-refractivity contribution < 1.29 is 0 Å². The Morgan fingerprint density at radius 2 is 2.11 bits per heavy atom. The van der Waals surface area contributed by atoms with E-state index in [1.54, 1.807) is 11.3 Å². The lowest BCUT2D eigenvalue weighted by atomic mass is 10.00. The van der Waals surface area contributed by atoms with Crippen LogP contribution in [0.2, 0.25) is 0 Å². The van der Waals surface area contributed by atoms with Crippen LogP contribution in [0.25, 0.3) is 0 Å². The molecule has 1 aromatic heterocycles. The third-order valence-electron chi connectivity index (χ3n) is 3.36. The molecule has 1 heterocycles. The molecule has 19 heavy (non-hydrogen) atoms. The first-order valence-electron chi connectivity index (χ1n) is 6.30. The zero-order valence-electron chi connectivity index (χ0n) is 11.3. The van der Waals surface area contributed by atoms with Crippen LogP contribution in [-0.2, 0) is 6.54 Å². The Hall–Kier alpha value is -0.680. The Kier molecular flexibility index (Phi) is 5.16. The average molecular weight is 339 g/mol. The molecular formula is C15H19BrN2S. The van der Waals surface area contributed by atoms with Gasteiger partial charge in [-0.3, -0.25) is 4.90 Å². The molecule has 102 valence electrons. The Bertz CT molecular complexity index is 538. The fraction of sp³-hybridized carbons (Fsp3) is 0.333. The van der Waals surface area contributed by atoms with Crippen molar-refractivity contribution in [2.45, 2.75) is 19.5 Å². The van der Waals surface area contributed by atoms with Gasteiger partial charge < -0.3 is 5.73 Å². The van der Waals surface area contributed by atoms with Crippen molar-refractivity contribution >= 4 is 27.3 Å². The third kappa shape index (κ3) is 3.66. The van der Waals surface area contributed by atoms with Crippen molar-refractivity contribution in [1.29, 1.82) is 0 Å². The smallest absolute Gasteiger partial charge is 0.0701 e. The van der Waals surface area contributed by atoms with Crippen LogP contribution in [0.3, 0.4) is 0 Å². The Balaban J connectivity index is 2.15. The highest BCUT2D eigenvalue weighted by atomic mass is 79.9. The molecular weight excluding hydrogens is 320 g/mol. The van der Waals surface area contributed by atoms with E-state index in [0.717, 1.165) is 6.54 Å². The average Bonchev–Trinajstić information content (AvgIpc) is 2.78. The molecule has 0 fully saturated rings. The molecule has 4 heteroatoms. The van der Waals surface area contributed by atoms with E-state index in [4.69, 9.17) is 5.73 Å². The van der Waals surface area contributed by atoms with Gasteiger partial charge in [0.05, 0.1) is 3.79 Å². The summed E-state index contributed by atoms with van der Waals surface area (Å²) in [5, 5.41) is 2.19. The molecule has 0 bridgehead atoms. The van der Waals surface area contributed by atoms with Crippen molar-refractivity contribution in [3.8, 4) is 0 Å². The Morgan fingerprint density at radius 1 is 1.37 bits per heavy atom. The topological polar surface area (TPSA) is 29.3 Å². The van der Waals surface area contributed by atoms with Crippen molar-refractivity contribution in [2.75, 3.05) is 13.6 Å². The molecule has 0 saturated heterocycles. The van der Waals surface area contributed by atoms with E-state index in [9.17, 15) is 0 Å². The largest absolute Gasteiger partial charge is 0.329 e. The van der Waals surface area contributed by atoms with Crippen LogP contribution in [-0.4, -0.2) is 18.5 Å². The molecule has 0 aliphatic heterocycles. The summed E-state index contributed by atoms with van der Waals surface area (Å²) >= 11 is 5.23. The quantitative estimate of drug-likeness (QED) is 0.894. The van der Waals surface area contributed by atoms with Crippen molar-refractivity contribution in [3.63, 3.8) is 0 Å². The molecule has 0 aliphatic rings. The molecule has 0 spiro atoms. The zero-order valence-corrected chi connectivity index (χ0v) is 13.7. The lowest BCUT2D eigenvalue weighted by Crippen LogP contribution is -2.30. The van der Waals surface area contributed by atoms with E-state index in [2.05, 4.69) is 70.5 Å². The predicted octanol–water partition coefficient (Wildman–Crippen LogP) is 3.95. The normalized spacial score (nSPS) is 12.9. The van der Waals surface area contributed by atoms with Crippen LogP contribution in [0.4, 0.5) is 0 Å². The summed E-state index contributed by atoms with van der Waals surface area (Å²) in [7, 11) is 2.13. The van der Waals surface area contributed by atoms with Gasteiger partial charge in [-0.1, -0.05) is 24.3 Å². The van der Waals surface area contributed by atoms with E-state index < -0.39 is 0 Å². The van der Waals surface area contributed by atoms with Crippen molar-refractivity contribution in [3.05, 3.63) is 56.2 Å². The monoisotopic (exact) mass is 338 g/mol. The van der Waals surface area contributed by atoms with Gasteiger partial charge in [0.2, 0.25) is 0 Å². The second-order valence-corrected chi connectivity index (χ2v) is 7.07. The first-order chi connectivity index (χ1) is 9.11. The third-order valence-corrected chi connectivity index (χ3v) is 4.91. The van der Waals surface area contributed by atoms with E-state index in [1.807, 2.05) is 0 Å². The number of halogens is 1. The molecule has 1 atom stereocenters. The minimum atomic E-state index is 0.264. The van der Waals surface area contributed by atoms with Gasteiger partial charge >= 0.3 is 0 Å². The number of rotatable bonds is 5. The lowest BCUT2D eigenvalue weighted by molar-refractivity contribution is 0.241. The molecule has 2 N–H and O–H groups in total. The van der Waals surface area contributed by atoms with Gasteiger partial charge in [0.25, 0.3) is 0 Å². The van der Waals surface area contributed by atoms with Gasteiger partial charge in [0.1, 0.15) is 0 Å². The van der Waals surface area contributed by atoms with Crippen LogP contribution < -0.4 is 5.73 Å². The molecule has 0 aliphatic carbocycles. The summed E-state index contributed by atoms with van der Waals surface area (Å²) in [6, 6.07) is 10.9. The molecule has 2 aromatic rings. The number of hydrogen-bond donors (Lipinski definition) is 1. The standard InChI is InChI=1S/C15H19BrN2S/c1-11-5-3-4-6-13(11)14(8-17)18(2)9-12-7-15(16)19-10-12/h3-7,10,14H,8-9,17H2,1-2H3. The molecule has 2 nitrogen and oxygen atoms in total. The van der Waals surface area contributed by atoms with Gasteiger partial charge in [-0.25, -0.2) is 0 Å². The minimum Gasteiger partial charge on any atom is -0.329 e. The summed E-state index contributed by atoms with van der Waals surface area (Å²) in [6.45, 7) is 3.69. The molecule has 0 amide bonds. The number of benzene rings is 1. The van der Waals surface area contributed by atoms with Gasteiger partial charge in [-0.05, 0) is 58.0 Å². The SMILES string of the molecule is Cc1ccccc1C(CN)N(C)Cc1csc(Br)c1. The maximum atomic E-state index is 5.99. The van der Waals surface area contributed by atoms with Gasteiger partial charge in [0, 0.05) is 19.1 Å². The number of thiophene rings is 1. The highest BCUT2D eigenvalue weighted by Crippen LogP contribution is 2.26. The second-order valence-electron chi connectivity index (χ2n) is 4.78. The second kappa shape index (κ2) is 6.66. The predicted molar refractivity (Wildman–Crippen MR) is 86.5 cm³/mol. The number of aryl methyl sites for hydroxylation is 1. The van der Waals surface area contributed by atoms with E-state index >= 15 is 0 Å². The van der Waals surface area contributed by atoms with Crippen LogP contribution in [0, 0.1) is 6.92 Å². The summed E-state index contributed by atoms with van der Waals surface area (Å²) in [5.41, 5.74) is 9.93. The lowest BCUT2D eigenvalue weighted by Gasteiger charge is -2.28. The molecule has 2 rings (SSSR count). The molecule has 1 aromatic carbocycles. The van der Waals surface area contributed by atoms with Crippen molar-refractivity contribution in [2.24, 2.45) is 5.73 Å². The highest BCUT2D eigenvalue weighted by Gasteiger charge is 2.17. The highest BCUT2D eigenvalue weighted by molar-refractivity contribution is 9.11. The van der Waals surface area contributed by atoms with Gasteiger partial charge in [-0.15, -0.1) is 11.3 Å². The molecule has 0 radical (unpaired) electrons. The van der Waals surface area contributed by atoms with Crippen LogP contribution in [0.1, 0.15) is 22.7 Å². The van der Waals surface area contributed by atoms with Gasteiger partial charge in [-0.2, -0.15) is 0 Å². The number of hydrogen-bond acceptors (Lipinski definition) is 3. The molecule has 1 unspecified atom stereocenters. The van der Waals surface area contributed by atoms with Gasteiger partial charge in [0.15, 0.2) is 0 Å². The van der Waals surface area contributed by atoms with Crippen LogP contribution in [0.5, 0.6) is 0 Å². The van der Waals surface area contributed by atoms with E-state index in [1.165, 1.54) is 20.5 Å². The maximum Gasteiger partial charge on any atom is 0.0701 e. The zero-order chi connectivity index (χ0) is 13.8. The van der Waals surface area contributed by atoms with Crippen molar-refractivity contribution in [1.82, 2.24) is 4.90 Å². The summed E-state index contributed by atoms with van der Waals surface area (Å²) in [5.74, 6) is 0. The summed E-state index contributed by atoms with van der Waals surface area (Å²) in [4.78, 5) is 2.32. The minimum absolute atomic E-state index is 0.264. The summed E-state index contributed by atoms with van der Waals surface area (Å²) in [6.07, 6.45) is 0. The Morgan fingerprint density at radius 3 is 2.68 bits per heavy atom. The van der Waals surface area contributed by atoms with E-state index in [-0.39, 0.29) is 6.04 Å².